The van der Waals surface area contributed by atoms with Gasteiger partial charge >= 0.3 is 0 Å². The first-order chi connectivity index (χ1) is 13.2. The van der Waals surface area contributed by atoms with Crippen molar-refractivity contribution in [2.24, 2.45) is 17.8 Å². The van der Waals surface area contributed by atoms with Gasteiger partial charge in [0.15, 0.2) is 11.5 Å². The number of benzene rings is 1. The standard InChI is InChI=1S/C21H26N2O3S/c1-24-17-8-15(9-18(25-2)21(17)26-3)19-11-23-20(27-19)12-22-10-16-7-13-4-5-14(16)6-13/h4-5,8-9,11,13-14,16,22H,6-7,10,12H2,1-3H3. The van der Waals surface area contributed by atoms with Crippen molar-refractivity contribution >= 4 is 11.3 Å². The van der Waals surface area contributed by atoms with E-state index in [2.05, 4.69) is 22.5 Å². The van der Waals surface area contributed by atoms with Crippen LogP contribution in [0.15, 0.2) is 30.5 Å². The molecule has 2 aromatic rings. The third-order valence-electron chi connectivity index (χ3n) is 5.60. The van der Waals surface area contributed by atoms with E-state index in [1.807, 2.05) is 18.3 Å². The zero-order valence-corrected chi connectivity index (χ0v) is 16.8. The molecular formula is C21H26N2O3S. The summed E-state index contributed by atoms with van der Waals surface area (Å²) in [7, 11) is 4.88. The second-order valence-corrected chi connectivity index (χ2v) is 8.32. The van der Waals surface area contributed by atoms with Gasteiger partial charge in [-0.3, -0.25) is 0 Å². The minimum atomic E-state index is 0.607. The molecule has 1 saturated carbocycles. The zero-order chi connectivity index (χ0) is 18.8. The van der Waals surface area contributed by atoms with E-state index in [1.54, 1.807) is 32.7 Å². The largest absolute Gasteiger partial charge is 0.493 e. The van der Waals surface area contributed by atoms with Gasteiger partial charge < -0.3 is 19.5 Å². The fourth-order valence-corrected chi connectivity index (χ4v) is 5.12. The van der Waals surface area contributed by atoms with Gasteiger partial charge in [-0.15, -0.1) is 11.3 Å². The molecule has 1 aromatic heterocycles. The third-order valence-corrected chi connectivity index (χ3v) is 6.65. The Morgan fingerprint density at radius 3 is 2.44 bits per heavy atom. The molecule has 0 spiro atoms. The predicted molar refractivity (Wildman–Crippen MR) is 108 cm³/mol. The van der Waals surface area contributed by atoms with Crippen LogP contribution in [-0.2, 0) is 6.54 Å². The van der Waals surface area contributed by atoms with E-state index in [4.69, 9.17) is 14.2 Å². The Morgan fingerprint density at radius 2 is 1.85 bits per heavy atom. The normalized spacial score (nSPS) is 23.0. The Balaban J connectivity index is 1.42. The van der Waals surface area contributed by atoms with E-state index in [0.29, 0.717) is 17.2 Å². The highest BCUT2D eigenvalue weighted by molar-refractivity contribution is 7.15. The maximum atomic E-state index is 5.46. The molecule has 1 N–H and O–H groups in total. The van der Waals surface area contributed by atoms with Crippen LogP contribution in [0.25, 0.3) is 10.4 Å². The lowest BCUT2D eigenvalue weighted by atomic mass is 9.94. The van der Waals surface area contributed by atoms with E-state index in [0.717, 1.165) is 46.3 Å². The van der Waals surface area contributed by atoms with Gasteiger partial charge in [0.25, 0.3) is 0 Å². The Hall–Kier alpha value is -2.05. The first kappa shape index (κ1) is 18.3. The molecule has 5 nitrogen and oxygen atoms in total. The average Bonchev–Trinajstić information content (AvgIpc) is 3.44. The number of hydrogen-bond donors (Lipinski definition) is 1. The van der Waals surface area contributed by atoms with Crippen LogP contribution in [-0.4, -0.2) is 32.9 Å². The molecule has 0 saturated heterocycles. The summed E-state index contributed by atoms with van der Waals surface area (Å²) in [6, 6.07) is 3.93. The SMILES string of the molecule is COc1cc(-c2cnc(CNCC3CC4C=CC3C4)s2)cc(OC)c1OC. The minimum absolute atomic E-state index is 0.607. The molecule has 0 radical (unpaired) electrons. The molecule has 0 aliphatic heterocycles. The van der Waals surface area contributed by atoms with Gasteiger partial charge in [-0.2, -0.15) is 0 Å². The number of ether oxygens (including phenoxy) is 3. The summed E-state index contributed by atoms with van der Waals surface area (Å²) >= 11 is 1.70. The fraction of sp³-hybridized carbons (Fsp3) is 0.476. The van der Waals surface area contributed by atoms with Crippen molar-refractivity contribution in [1.82, 2.24) is 10.3 Å². The molecular weight excluding hydrogens is 360 g/mol. The zero-order valence-electron chi connectivity index (χ0n) is 16.0. The van der Waals surface area contributed by atoms with Crippen molar-refractivity contribution in [3.05, 3.63) is 35.5 Å². The number of aromatic nitrogens is 1. The van der Waals surface area contributed by atoms with Crippen LogP contribution in [0, 0.1) is 17.8 Å². The van der Waals surface area contributed by atoms with Crippen LogP contribution in [0.4, 0.5) is 0 Å². The number of hydrogen-bond acceptors (Lipinski definition) is 6. The van der Waals surface area contributed by atoms with Crippen LogP contribution in [0.2, 0.25) is 0 Å². The Morgan fingerprint density at radius 1 is 1.07 bits per heavy atom. The van der Waals surface area contributed by atoms with Crippen molar-refractivity contribution < 1.29 is 14.2 Å². The first-order valence-corrected chi connectivity index (χ1v) is 10.2. The van der Waals surface area contributed by atoms with Gasteiger partial charge in [0.2, 0.25) is 5.75 Å². The van der Waals surface area contributed by atoms with Crippen LogP contribution >= 0.6 is 11.3 Å². The number of rotatable bonds is 8. The number of methoxy groups -OCH3 is 3. The van der Waals surface area contributed by atoms with Crippen LogP contribution < -0.4 is 19.5 Å². The molecule has 1 aromatic carbocycles. The molecule has 2 aliphatic rings. The maximum Gasteiger partial charge on any atom is 0.203 e. The molecule has 2 bridgehead atoms. The molecule has 4 rings (SSSR count). The Kier molecular flexibility index (Phi) is 5.36. The molecule has 27 heavy (non-hydrogen) atoms. The fourth-order valence-electron chi connectivity index (χ4n) is 4.24. The summed E-state index contributed by atoms with van der Waals surface area (Å²) in [6.45, 7) is 1.89. The predicted octanol–water partition coefficient (Wildman–Crippen LogP) is 4.14. The third kappa shape index (κ3) is 3.69. The molecule has 3 unspecified atom stereocenters. The molecule has 1 fully saturated rings. The summed E-state index contributed by atoms with van der Waals surface area (Å²) in [6.07, 6.45) is 9.42. The maximum absolute atomic E-state index is 5.46. The molecule has 0 amide bonds. The average molecular weight is 387 g/mol. The number of fused-ring (bicyclic) bond motifs is 2. The minimum Gasteiger partial charge on any atom is -0.493 e. The van der Waals surface area contributed by atoms with Gasteiger partial charge in [0.05, 0.1) is 26.2 Å². The Bertz CT molecular complexity index is 808. The smallest absolute Gasteiger partial charge is 0.203 e. The number of nitrogens with zero attached hydrogens (tertiary/aromatic N) is 1. The van der Waals surface area contributed by atoms with Crippen LogP contribution in [0.1, 0.15) is 17.8 Å². The lowest BCUT2D eigenvalue weighted by Gasteiger charge is -2.18. The highest BCUT2D eigenvalue weighted by Gasteiger charge is 2.34. The summed E-state index contributed by atoms with van der Waals surface area (Å²) < 4.78 is 16.3. The van der Waals surface area contributed by atoms with E-state index in [-0.39, 0.29) is 0 Å². The lowest BCUT2D eigenvalue weighted by Crippen LogP contribution is -2.24. The summed E-state index contributed by atoms with van der Waals surface area (Å²) in [5, 5.41) is 4.70. The van der Waals surface area contributed by atoms with Gasteiger partial charge in [-0.05, 0) is 49.3 Å². The monoisotopic (exact) mass is 386 g/mol. The number of allylic oxidation sites excluding steroid dienone is 2. The van der Waals surface area contributed by atoms with E-state index in [9.17, 15) is 0 Å². The first-order valence-electron chi connectivity index (χ1n) is 9.36. The van der Waals surface area contributed by atoms with Gasteiger partial charge in [0, 0.05) is 18.3 Å². The highest BCUT2D eigenvalue weighted by atomic mass is 32.1. The second kappa shape index (κ2) is 7.90. The summed E-state index contributed by atoms with van der Waals surface area (Å²) in [5.41, 5.74) is 1.02. The number of nitrogens with one attached hydrogen (secondary N) is 1. The second-order valence-electron chi connectivity index (χ2n) is 7.20. The van der Waals surface area contributed by atoms with Crippen molar-refractivity contribution in [1.29, 1.82) is 0 Å². The summed E-state index contributed by atoms with van der Waals surface area (Å²) in [4.78, 5) is 5.68. The Labute approximate surface area is 164 Å². The van der Waals surface area contributed by atoms with Crippen LogP contribution in [0.5, 0.6) is 17.2 Å². The van der Waals surface area contributed by atoms with Crippen LogP contribution in [0.3, 0.4) is 0 Å². The molecule has 2 aliphatic carbocycles. The highest BCUT2D eigenvalue weighted by Crippen LogP contribution is 2.43. The topological polar surface area (TPSA) is 52.6 Å². The quantitative estimate of drug-likeness (QED) is 0.691. The lowest BCUT2D eigenvalue weighted by molar-refractivity contribution is 0.324. The van der Waals surface area contributed by atoms with Gasteiger partial charge in [0.1, 0.15) is 5.01 Å². The van der Waals surface area contributed by atoms with Crippen molar-refractivity contribution in [2.75, 3.05) is 27.9 Å². The molecule has 144 valence electrons. The number of thiazole rings is 1. The van der Waals surface area contributed by atoms with Gasteiger partial charge in [-0.25, -0.2) is 4.98 Å². The van der Waals surface area contributed by atoms with Crippen molar-refractivity contribution in [3.63, 3.8) is 0 Å². The van der Waals surface area contributed by atoms with E-state index in [1.165, 1.54) is 12.8 Å². The van der Waals surface area contributed by atoms with Crippen molar-refractivity contribution in [2.45, 2.75) is 19.4 Å². The van der Waals surface area contributed by atoms with Gasteiger partial charge in [-0.1, -0.05) is 12.2 Å². The van der Waals surface area contributed by atoms with E-state index >= 15 is 0 Å². The van der Waals surface area contributed by atoms with E-state index < -0.39 is 0 Å². The molecule has 1 heterocycles. The summed E-state index contributed by atoms with van der Waals surface area (Å²) in [5.74, 6) is 4.32. The molecule has 6 heteroatoms. The van der Waals surface area contributed by atoms with Crippen molar-refractivity contribution in [3.8, 4) is 27.7 Å². The molecule has 3 atom stereocenters.